The van der Waals surface area contributed by atoms with Crippen LogP contribution in [0.2, 0.25) is 0 Å². The molecule has 0 radical (unpaired) electrons. The number of benzene rings is 2. The van der Waals surface area contributed by atoms with E-state index in [9.17, 15) is 5.11 Å². The topological polar surface area (TPSA) is 50.9 Å². The Balaban J connectivity index is 1.80. The molecule has 0 fully saturated rings. The molecule has 1 heterocycles. The third kappa shape index (κ3) is 5.31. The summed E-state index contributed by atoms with van der Waals surface area (Å²) >= 11 is 0. The minimum absolute atomic E-state index is 0.157. The molecule has 0 saturated heterocycles. The van der Waals surface area contributed by atoms with E-state index in [0.717, 1.165) is 28.6 Å². The van der Waals surface area contributed by atoms with E-state index >= 15 is 0 Å². The Bertz CT molecular complexity index is 1050. The lowest BCUT2D eigenvalue weighted by Crippen LogP contribution is -2.13. The largest absolute Gasteiger partial charge is 0.505 e. The first kappa shape index (κ1) is 22.5. The van der Waals surface area contributed by atoms with Crippen molar-refractivity contribution in [3.05, 3.63) is 47.0 Å². The number of phenolic OH excluding ortho intramolecular Hbond substituents is 1. The number of nitrogens with zero attached hydrogens (tertiary/aromatic N) is 3. The quantitative estimate of drug-likeness (QED) is 0.347. The van der Waals surface area contributed by atoms with Gasteiger partial charge in [-0.05, 0) is 78.9 Å². The van der Waals surface area contributed by atoms with Crippen molar-refractivity contribution in [2.75, 3.05) is 11.5 Å². The molecule has 2 aromatic carbocycles. The van der Waals surface area contributed by atoms with E-state index in [1.807, 2.05) is 25.1 Å². The van der Waals surface area contributed by atoms with Gasteiger partial charge in [-0.1, -0.05) is 45.7 Å². The Labute approximate surface area is 183 Å². The highest BCUT2D eigenvalue weighted by Crippen LogP contribution is 2.36. The number of aromatic nitrogens is 3. The normalized spacial score (nSPS) is 13.1. The van der Waals surface area contributed by atoms with E-state index < -0.39 is 0 Å². The minimum Gasteiger partial charge on any atom is -0.505 e. The summed E-state index contributed by atoms with van der Waals surface area (Å²) in [5.41, 5.74) is 5.48. The van der Waals surface area contributed by atoms with Crippen LogP contribution in [0.4, 0.5) is 0 Å². The average molecular weight is 426 g/mol. The summed E-state index contributed by atoms with van der Waals surface area (Å²) in [7, 11) is 0.320. The van der Waals surface area contributed by atoms with Gasteiger partial charge in [0.15, 0.2) is 0 Å². The summed E-state index contributed by atoms with van der Waals surface area (Å²) in [5.74, 6) is 7.00. The van der Waals surface area contributed by atoms with Crippen molar-refractivity contribution in [2.45, 2.75) is 65.7 Å². The van der Waals surface area contributed by atoms with Crippen LogP contribution < -0.4 is 0 Å². The molecule has 4 nitrogen and oxygen atoms in total. The zero-order valence-electron chi connectivity index (χ0n) is 19.0. The molecule has 0 saturated carbocycles. The standard InChI is InChI=1S/C25H35N3OS/c1-7-13-30(6)14-9-8-10-19-11-12-21-22(17-19)27-28(26-21)23-16-18(2)15-20(24(23)29)25(3,4)5/h11-12,15-17,29H,6-10,13-14H2,1-5H3. The highest BCUT2D eigenvalue weighted by atomic mass is 32.2. The fourth-order valence-electron chi connectivity index (χ4n) is 3.73. The molecule has 3 aromatic rings. The second-order valence-corrected chi connectivity index (χ2v) is 11.3. The number of aryl methyl sites for hydroxylation is 2. The predicted octanol–water partition coefficient (Wildman–Crippen LogP) is 6.17. The molecule has 1 aromatic heterocycles. The van der Waals surface area contributed by atoms with Crippen molar-refractivity contribution in [3.8, 4) is 11.4 Å². The molecule has 1 N–H and O–H groups in total. The molecule has 5 heteroatoms. The smallest absolute Gasteiger partial charge is 0.146 e. The third-order valence-corrected chi connectivity index (χ3v) is 7.20. The molecule has 1 atom stereocenters. The van der Waals surface area contributed by atoms with Gasteiger partial charge >= 0.3 is 0 Å². The molecule has 30 heavy (non-hydrogen) atoms. The highest BCUT2D eigenvalue weighted by molar-refractivity contribution is 8.14. The molecule has 0 aliphatic carbocycles. The summed E-state index contributed by atoms with van der Waals surface area (Å²) in [6.07, 6.45) is 4.68. The lowest BCUT2D eigenvalue weighted by atomic mass is 9.85. The summed E-state index contributed by atoms with van der Waals surface area (Å²) in [5, 5.41) is 20.2. The zero-order valence-corrected chi connectivity index (χ0v) is 19.9. The van der Waals surface area contributed by atoms with Gasteiger partial charge in [-0.25, -0.2) is 0 Å². The van der Waals surface area contributed by atoms with Crippen LogP contribution in [0.5, 0.6) is 5.75 Å². The number of fused-ring (bicyclic) bond motifs is 1. The van der Waals surface area contributed by atoms with Crippen LogP contribution in [0.15, 0.2) is 30.3 Å². The molecule has 0 amide bonds. The van der Waals surface area contributed by atoms with Gasteiger partial charge in [-0.3, -0.25) is 0 Å². The van der Waals surface area contributed by atoms with Crippen molar-refractivity contribution in [1.82, 2.24) is 15.0 Å². The minimum atomic E-state index is -0.157. The van der Waals surface area contributed by atoms with E-state index in [-0.39, 0.29) is 11.2 Å². The van der Waals surface area contributed by atoms with Crippen molar-refractivity contribution < 1.29 is 5.11 Å². The van der Waals surface area contributed by atoms with E-state index in [0.29, 0.717) is 16.2 Å². The number of unbranched alkanes of at least 4 members (excludes halogenated alkanes) is 1. The molecular formula is C25H35N3OS. The van der Waals surface area contributed by atoms with E-state index in [4.69, 9.17) is 0 Å². The zero-order chi connectivity index (χ0) is 21.9. The second-order valence-electron chi connectivity index (χ2n) is 9.22. The maximum Gasteiger partial charge on any atom is 0.146 e. The van der Waals surface area contributed by atoms with Gasteiger partial charge in [-0.2, -0.15) is 10.5 Å². The van der Waals surface area contributed by atoms with Crippen LogP contribution in [0.3, 0.4) is 0 Å². The van der Waals surface area contributed by atoms with E-state index in [2.05, 4.69) is 55.9 Å². The van der Waals surface area contributed by atoms with Crippen LogP contribution in [0.1, 0.15) is 63.6 Å². The van der Waals surface area contributed by atoms with Crippen LogP contribution >= 0.6 is 10.5 Å². The van der Waals surface area contributed by atoms with Crippen molar-refractivity contribution >= 4 is 27.4 Å². The van der Waals surface area contributed by atoms with Gasteiger partial charge in [-0.15, -0.1) is 15.0 Å². The molecule has 3 rings (SSSR count). The summed E-state index contributed by atoms with van der Waals surface area (Å²) in [6, 6.07) is 10.3. The highest BCUT2D eigenvalue weighted by Gasteiger charge is 2.22. The van der Waals surface area contributed by atoms with Gasteiger partial charge < -0.3 is 5.11 Å². The Morgan fingerprint density at radius 2 is 1.77 bits per heavy atom. The third-order valence-electron chi connectivity index (χ3n) is 5.34. The van der Waals surface area contributed by atoms with E-state index in [1.165, 1.54) is 36.3 Å². The average Bonchev–Trinajstić information content (AvgIpc) is 3.09. The van der Waals surface area contributed by atoms with Crippen molar-refractivity contribution in [3.63, 3.8) is 0 Å². The fourth-order valence-corrected chi connectivity index (χ4v) is 5.13. The monoisotopic (exact) mass is 425 g/mol. The molecule has 0 aliphatic rings. The summed E-state index contributed by atoms with van der Waals surface area (Å²) in [6.45, 7) is 10.6. The van der Waals surface area contributed by atoms with Crippen LogP contribution in [0, 0.1) is 6.92 Å². The maximum absolute atomic E-state index is 10.9. The van der Waals surface area contributed by atoms with Crippen LogP contribution in [-0.2, 0) is 11.8 Å². The SMILES string of the molecule is C=S(CCC)CCCCc1ccc2nn(-c3cc(C)cc(C(C)(C)C)c3O)nc2c1. The number of rotatable bonds is 8. The number of hydrogen-bond acceptors (Lipinski definition) is 3. The van der Waals surface area contributed by atoms with Crippen molar-refractivity contribution in [2.24, 2.45) is 0 Å². The van der Waals surface area contributed by atoms with Gasteiger partial charge in [0.05, 0.1) is 0 Å². The number of phenols is 1. The summed E-state index contributed by atoms with van der Waals surface area (Å²) < 4.78 is 0. The Morgan fingerprint density at radius 3 is 2.47 bits per heavy atom. The van der Waals surface area contributed by atoms with E-state index in [1.54, 1.807) is 4.80 Å². The summed E-state index contributed by atoms with van der Waals surface area (Å²) in [4.78, 5) is 1.57. The molecular weight excluding hydrogens is 390 g/mol. The molecule has 162 valence electrons. The Morgan fingerprint density at radius 1 is 1.03 bits per heavy atom. The first-order valence-electron chi connectivity index (χ1n) is 10.9. The van der Waals surface area contributed by atoms with Gasteiger partial charge in [0, 0.05) is 5.56 Å². The van der Waals surface area contributed by atoms with Crippen molar-refractivity contribution in [1.29, 1.82) is 0 Å². The maximum atomic E-state index is 10.9. The molecule has 0 spiro atoms. The predicted molar refractivity (Wildman–Crippen MR) is 132 cm³/mol. The number of hydrogen-bond donors (Lipinski definition) is 1. The Hall–Kier alpha value is -2.14. The van der Waals surface area contributed by atoms with Gasteiger partial charge in [0.25, 0.3) is 0 Å². The fraction of sp³-hybridized carbons (Fsp3) is 0.480. The molecule has 0 aliphatic heterocycles. The molecule has 1 unspecified atom stereocenters. The lowest BCUT2D eigenvalue weighted by molar-refractivity contribution is 0.440. The first-order chi connectivity index (χ1) is 14.2. The first-order valence-corrected chi connectivity index (χ1v) is 12.6. The number of aromatic hydroxyl groups is 1. The van der Waals surface area contributed by atoms with Crippen LogP contribution in [0.25, 0.3) is 16.7 Å². The lowest BCUT2D eigenvalue weighted by Gasteiger charge is -2.22. The van der Waals surface area contributed by atoms with Gasteiger partial charge in [0.1, 0.15) is 22.5 Å². The molecule has 0 bridgehead atoms. The second kappa shape index (κ2) is 9.34. The van der Waals surface area contributed by atoms with Gasteiger partial charge in [0.2, 0.25) is 0 Å². The Kier molecular flexibility index (Phi) is 7.02. The van der Waals surface area contributed by atoms with Crippen LogP contribution in [-0.4, -0.2) is 37.5 Å².